The van der Waals surface area contributed by atoms with E-state index in [4.69, 9.17) is 4.74 Å². The predicted octanol–water partition coefficient (Wildman–Crippen LogP) is 3.54. The molecule has 0 spiro atoms. The molecule has 1 aliphatic carbocycles. The Bertz CT molecular complexity index is 616. The molecule has 0 aliphatic heterocycles. The maximum absolute atomic E-state index is 11.3. The van der Waals surface area contributed by atoms with Gasteiger partial charge in [0.15, 0.2) is 0 Å². The molecule has 18 heavy (non-hydrogen) atoms. The number of carbonyl (C=O) groups excluding carboxylic acids is 1. The highest BCUT2D eigenvalue weighted by atomic mass is 16.5. The van der Waals surface area contributed by atoms with E-state index in [9.17, 15) is 4.79 Å². The van der Waals surface area contributed by atoms with E-state index >= 15 is 0 Å². The zero-order valence-corrected chi connectivity index (χ0v) is 10.6. The van der Waals surface area contributed by atoms with Gasteiger partial charge in [0, 0.05) is 5.92 Å². The molecule has 2 aromatic rings. The number of fused-ring (bicyclic) bond motifs is 1. The minimum Gasteiger partial charge on any atom is -0.497 e. The maximum atomic E-state index is 11.3. The summed E-state index contributed by atoms with van der Waals surface area (Å²) in [6.45, 7) is 1.69. The van der Waals surface area contributed by atoms with Crippen LogP contribution >= 0.6 is 0 Å². The van der Waals surface area contributed by atoms with Crippen molar-refractivity contribution in [2.75, 3.05) is 7.11 Å². The maximum Gasteiger partial charge on any atom is 0.133 e. The molecule has 2 atom stereocenters. The number of ketones is 1. The van der Waals surface area contributed by atoms with Gasteiger partial charge in [-0.3, -0.25) is 4.79 Å². The Balaban J connectivity index is 1.95. The zero-order valence-electron chi connectivity index (χ0n) is 10.6. The Morgan fingerprint density at radius 1 is 1.17 bits per heavy atom. The number of ether oxygens (including phenoxy) is 1. The number of hydrogen-bond donors (Lipinski definition) is 0. The second-order valence-corrected chi connectivity index (χ2v) is 5.03. The second kappa shape index (κ2) is 4.13. The molecule has 0 amide bonds. The lowest BCUT2D eigenvalue weighted by atomic mass is 10.0. The number of carbonyl (C=O) groups is 1. The van der Waals surface area contributed by atoms with Gasteiger partial charge in [0.2, 0.25) is 0 Å². The van der Waals surface area contributed by atoms with Crippen LogP contribution in [0.1, 0.15) is 24.8 Å². The third-order valence-electron chi connectivity index (χ3n) is 3.81. The van der Waals surface area contributed by atoms with Gasteiger partial charge >= 0.3 is 0 Å². The largest absolute Gasteiger partial charge is 0.497 e. The van der Waals surface area contributed by atoms with E-state index in [1.807, 2.05) is 12.1 Å². The summed E-state index contributed by atoms with van der Waals surface area (Å²) in [5.41, 5.74) is 1.29. The van der Waals surface area contributed by atoms with Gasteiger partial charge in [0.25, 0.3) is 0 Å². The molecule has 0 aromatic heterocycles. The van der Waals surface area contributed by atoms with Gasteiger partial charge in [-0.25, -0.2) is 0 Å². The Morgan fingerprint density at radius 3 is 2.56 bits per heavy atom. The van der Waals surface area contributed by atoms with E-state index in [0.29, 0.717) is 11.7 Å². The number of rotatable bonds is 3. The van der Waals surface area contributed by atoms with Crippen molar-refractivity contribution in [2.45, 2.75) is 19.3 Å². The third kappa shape index (κ3) is 1.88. The van der Waals surface area contributed by atoms with Crippen molar-refractivity contribution in [2.24, 2.45) is 5.92 Å². The van der Waals surface area contributed by atoms with Crippen LogP contribution in [-0.2, 0) is 4.79 Å². The van der Waals surface area contributed by atoms with Crippen molar-refractivity contribution in [3.63, 3.8) is 0 Å². The standard InChI is InChI=1S/C16H16O2/c1-10(17)15-9-16(15)13-4-3-12-8-14(18-2)6-5-11(12)7-13/h3-8,15-16H,9H2,1-2H3. The number of Topliss-reactive ketones (excluding diaryl/α,β-unsaturated/α-hetero) is 1. The van der Waals surface area contributed by atoms with Crippen molar-refractivity contribution >= 4 is 16.6 Å². The Hall–Kier alpha value is -1.83. The summed E-state index contributed by atoms with van der Waals surface area (Å²) < 4.78 is 5.22. The van der Waals surface area contributed by atoms with Crippen molar-refractivity contribution in [3.05, 3.63) is 42.0 Å². The molecule has 0 heterocycles. The minimum absolute atomic E-state index is 0.251. The van der Waals surface area contributed by atoms with Gasteiger partial charge in [0.1, 0.15) is 11.5 Å². The fourth-order valence-electron chi connectivity index (χ4n) is 2.61. The van der Waals surface area contributed by atoms with E-state index in [0.717, 1.165) is 12.2 Å². The van der Waals surface area contributed by atoms with Crippen LogP contribution in [0.2, 0.25) is 0 Å². The Morgan fingerprint density at radius 2 is 1.89 bits per heavy atom. The van der Waals surface area contributed by atoms with Gasteiger partial charge in [-0.1, -0.05) is 24.3 Å². The highest BCUT2D eigenvalue weighted by Gasteiger charge is 2.41. The molecule has 3 rings (SSSR count). The van der Waals surface area contributed by atoms with E-state index in [1.165, 1.54) is 16.3 Å². The molecule has 0 radical (unpaired) electrons. The number of hydrogen-bond acceptors (Lipinski definition) is 2. The predicted molar refractivity (Wildman–Crippen MR) is 72.0 cm³/mol. The second-order valence-electron chi connectivity index (χ2n) is 5.03. The van der Waals surface area contributed by atoms with Gasteiger partial charge < -0.3 is 4.74 Å². The summed E-state index contributed by atoms with van der Waals surface area (Å²) in [6, 6.07) is 12.5. The summed E-state index contributed by atoms with van der Waals surface area (Å²) >= 11 is 0. The van der Waals surface area contributed by atoms with E-state index in [2.05, 4.69) is 24.3 Å². The van der Waals surface area contributed by atoms with Crippen LogP contribution in [-0.4, -0.2) is 12.9 Å². The monoisotopic (exact) mass is 240 g/mol. The van der Waals surface area contributed by atoms with E-state index in [-0.39, 0.29) is 5.92 Å². The van der Waals surface area contributed by atoms with Crippen LogP contribution in [0.15, 0.2) is 36.4 Å². The van der Waals surface area contributed by atoms with Crippen LogP contribution < -0.4 is 4.74 Å². The molecule has 0 bridgehead atoms. The lowest BCUT2D eigenvalue weighted by Crippen LogP contribution is -1.94. The van der Waals surface area contributed by atoms with Crippen molar-refractivity contribution in [3.8, 4) is 5.75 Å². The molecular weight excluding hydrogens is 224 g/mol. The molecule has 0 saturated heterocycles. The molecule has 92 valence electrons. The van der Waals surface area contributed by atoms with Crippen LogP contribution in [0.4, 0.5) is 0 Å². The lowest BCUT2D eigenvalue weighted by Gasteiger charge is -2.05. The zero-order chi connectivity index (χ0) is 12.7. The quantitative estimate of drug-likeness (QED) is 0.820. The highest BCUT2D eigenvalue weighted by molar-refractivity contribution is 5.86. The third-order valence-corrected chi connectivity index (χ3v) is 3.81. The van der Waals surface area contributed by atoms with Crippen LogP contribution in [0.5, 0.6) is 5.75 Å². The molecule has 2 aromatic carbocycles. The smallest absolute Gasteiger partial charge is 0.133 e. The fourth-order valence-corrected chi connectivity index (χ4v) is 2.61. The van der Waals surface area contributed by atoms with E-state index < -0.39 is 0 Å². The summed E-state index contributed by atoms with van der Waals surface area (Å²) in [7, 11) is 1.68. The molecule has 2 heteroatoms. The Labute approximate surface area is 107 Å². The fraction of sp³-hybridized carbons (Fsp3) is 0.312. The first-order chi connectivity index (χ1) is 8.69. The van der Waals surface area contributed by atoms with Crippen molar-refractivity contribution in [1.82, 2.24) is 0 Å². The molecule has 1 fully saturated rings. The number of benzene rings is 2. The summed E-state index contributed by atoms with van der Waals surface area (Å²) in [4.78, 5) is 11.3. The van der Waals surface area contributed by atoms with Crippen molar-refractivity contribution in [1.29, 1.82) is 0 Å². The van der Waals surface area contributed by atoms with Gasteiger partial charge in [-0.05, 0) is 47.7 Å². The first-order valence-electron chi connectivity index (χ1n) is 6.27. The normalized spacial score (nSPS) is 21.9. The molecule has 2 unspecified atom stereocenters. The average molecular weight is 240 g/mol. The summed E-state index contributed by atoms with van der Waals surface area (Å²) in [6.07, 6.45) is 1.01. The molecule has 1 aliphatic rings. The summed E-state index contributed by atoms with van der Waals surface area (Å²) in [5, 5.41) is 2.39. The summed E-state index contributed by atoms with van der Waals surface area (Å²) in [5.74, 6) is 1.88. The van der Waals surface area contributed by atoms with Crippen LogP contribution in [0.3, 0.4) is 0 Å². The highest BCUT2D eigenvalue weighted by Crippen LogP contribution is 2.48. The topological polar surface area (TPSA) is 26.3 Å². The lowest BCUT2D eigenvalue weighted by molar-refractivity contribution is -0.118. The first kappa shape index (κ1) is 11.3. The van der Waals surface area contributed by atoms with Crippen LogP contribution in [0, 0.1) is 5.92 Å². The SMILES string of the molecule is COc1ccc2cc(C3CC3C(C)=O)ccc2c1. The van der Waals surface area contributed by atoms with Gasteiger partial charge in [0.05, 0.1) is 7.11 Å². The molecule has 1 saturated carbocycles. The molecule has 0 N–H and O–H groups in total. The van der Waals surface area contributed by atoms with Crippen LogP contribution in [0.25, 0.3) is 10.8 Å². The first-order valence-corrected chi connectivity index (χ1v) is 6.27. The number of methoxy groups -OCH3 is 1. The molecule has 2 nitrogen and oxygen atoms in total. The van der Waals surface area contributed by atoms with Gasteiger partial charge in [-0.2, -0.15) is 0 Å². The average Bonchev–Trinajstić information content (AvgIpc) is 3.18. The molecular formula is C16H16O2. The van der Waals surface area contributed by atoms with E-state index in [1.54, 1.807) is 14.0 Å². The van der Waals surface area contributed by atoms with Gasteiger partial charge in [-0.15, -0.1) is 0 Å². The van der Waals surface area contributed by atoms with Crippen molar-refractivity contribution < 1.29 is 9.53 Å². The minimum atomic E-state index is 0.251. The Kier molecular flexibility index (Phi) is 2.58.